The van der Waals surface area contributed by atoms with E-state index in [9.17, 15) is 9.59 Å². The second-order valence-electron chi connectivity index (χ2n) is 6.41. The molecule has 3 aromatic carbocycles. The van der Waals surface area contributed by atoms with Crippen LogP contribution in [-0.4, -0.2) is 19.0 Å². The molecule has 3 N–H and O–H groups in total. The molecule has 3 amide bonds. The molecular formula is C23H23N3O2. The van der Waals surface area contributed by atoms with Crippen molar-refractivity contribution in [2.75, 3.05) is 17.7 Å². The monoisotopic (exact) mass is 373 g/mol. The number of anilines is 2. The molecule has 0 aliphatic heterocycles. The number of hydrogen-bond acceptors (Lipinski definition) is 2. The highest BCUT2D eigenvalue weighted by Gasteiger charge is 2.18. The lowest BCUT2D eigenvalue weighted by Gasteiger charge is -2.18. The maximum atomic E-state index is 12.7. The molecule has 0 aliphatic rings. The molecule has 142 valence electrons. The molecule has 0 spiro atoms. The molecule has 28 heavy (non-hydrogen) atoms. The summed E-state index contributed by atoms with van der Waals surface area (Å²) in [5, 5.41) is 8.13. The van der Waals surface area contributed by atoms with E-state index < -0.39 is 0 Å². The lowest BCUT2D eigenvalue weighted by atomic mass is 9.88. The highest BCUT2D eigenvalue weighted by atomic mass is 16.2. The smallest absolute Gasteiger partial charge is 0.318 e. The van der Waals surface area contributed by atoms with Crippen molar-refractivity contribution in [2.45, 2.75) is 12.3 Å². The normalized spacial score (nSPS) is 10.4. The van der Waals surface area contributed by atoms with E-state index in [1.165, 1.54) is 0 Å². The summed E-state index contributed by atoms with van der Waals surface area (Å²) in [4.78, 5) is 24.2. The number of amides is 3. The highest BCUT2D eigenvalue weighted by molar-refractivity contribution is 5.94. The fourth-order valence-electron chi connectivity index (χ4n) is 3.06. The van der Waals surface area contributed by atoms with E-state index in [-0.39, 0.29) is 17.9 Å². The Hall–Kier alpha value is -3.60. The molecule has 0 aliphatic carbocycles. The minimum atomic E-state index is -0.309. The number of hydrogen-bond donors (Lipinski definition) is 3. The zero-order valence-electron chi connectivity index (χ0n) is 15.7. The molecule has 0 saturated heterocycles. The zero-order valence-corrected chi connectivity index (χ0v) is 15.7. The molecule has 0 heterocycles. The summed E-state index contributed by atoms with van der Waals surface area (Å²) in [7, 11) is 1.55. The lowest BCUT2D eigenvalue weighted by Crippen LogP contribution is -2.24. The third kappa shape index (κ3) is 5.20. The third-order valence-corrected chi connectivity index (χ3v) is 4.42. The van der Waals surface area contributed by atoms with Crippen LogP contribution in [0.2, 0.25) is 0 Å². The van der Waals surface area contributed by atoms with Gasteiger partial charge >= 0.3 is 6.03 Å². The largest absolute Gasteiger partial charge is 0.341 e. The van der Waals surface area contributed by atoms with Gasteiger partial charge in [-0.15, -0.1) is 0 Å². The second kappa shape index (κ2) is 9.37. The van der Waals surface area contributed by atoms with Crippen molar-refractivity contribution >= 4 is 23.3 Å². The van der Waals surface area contributed by atoms with Crippen LogP contribution in [0.15, 0.2) is 84.9 Å². The number of carbonyl (C=O) groups is 2. The van der Waals surface area contributed by atoms with Crippen molar-refractivity contribution in [2.24, 2.45) is 0 Å². The van der Waals surface area contributed by atoms with Gasteiger partial charge in [-0.2, -0.15) is 0 Å². The SMILES string of the molecule is CNC(=O)Nc1cccc(NC(=O)CC(c2ccccc2)c2ccccc2)c1. The Bertz CT molecular complexity index is 887. The molecule has 5 nitrogen and oxygen atoms in total. The van der Waals surface area contributed by atoms with Crippen LogP contribution in [-0.2, 0) is 4.79 Å². The summed E-state index contributed by atoms with van der Waals surface area (Å²) in [5.74, 6) is -0.121. The zero-order chi connectivity index (χ0) is 19.8. The van der Waals surface area contributed by atoms with E-state index in [2.05, 4.69) is 16.0 Å². The predicted molar refractivity (Wildman–Crippen MR) is 112 cm³/mol. The van der Waals surface area contributed by atoms with Crippen LogP contribution in [0.5, 0.6) is 0 Å². The van der Waals surface area contributed by atoms with Gasteiger partial charge in [-0.1, -0.05) is 66.7 Å². The average molecular weight is 373 g/mol. The number of urea groups is 1. The summed E-state index contributed by atoms with van der Waals surface area (Å²) in [5.41, 5.74) is 3.44. The van der Waals surface area contributed by atoms with Crippen LogP contribution in [0, 0.1) is 0 Å². The molecule has 3 rings (SSSR count). The van der Waals surface area contributed by atoms with Gasteiger partial charge in [0, 0.05) is 30.8 Å². The van der Waals surface area contributed by atoms with E-state index in [0.717, 1.165) is 11.1 Å². The van der Waals surface area contributed by atoms with Crippen LogP contribution in [0.1, 0.15) is 23.5 Å². The topological polar surface area (TPSA) is 70.2 Å². The van der Waals surface area contributed by atoms with Crippen LogP contribution in [0.4, 0.5) is 16.2 Å². The average Bonchev–Trinajstić information content (AvgIpc) is 2.73. The fourth-order valence-corrected chi connectivity index (χ4v) is 3.06. The number of rotatable bonds is 6. The van der Waals surface area contributed by atoms with E-state index in [1.54, 1.807) is 31.3 Å². The van der Waals surface area contributed by atoms with Crippen molar-refractivity contribution < 1.29 is 9.59 Å². The van der Waals surface area contributed by atoms with E-state index in [4.69, 9.17) is 0 Å². The standard InChI is InChI=1S/C23H23N3O2/c1-24-23(28)26-20-14-8-13-19(15-20)25-22(27)16-21(17-9-4-2-5-10-17)18-11-6-3-7-12-18/h2-15,21H,16H2,1H3,(H,25,27)(H2,24,26,28). The summed E-state index contributed by atoms with van der Waals surface area (Å²) in [6.07, 6.45) is 0.321. The maximum Gasteiger partial charge on any atom is 0.318 e. The minimum absolute atomic E-state index is 0.0328. The number of nitrogens with one attached hydrogen (secondary N) is 3. The molecule has 0 unspecified atom stereocenters. The van der Waals surface area contributed by atoms with Gasteiger partial charge in [0.2, 0.25) is 5.91 Å². The first-order chi connectivity index (χ1) is 13.7. The van der Waals surface area contributed by atoms with Gasteiger partial charge in [-0.05, 0) is 29.3 Å². The molecule has 0 bridgehead atoms. The predicted octanol–water partition coefficient (Wildman–Crippen LogP) is 4.60. The number of carbonyl (C=O) groups excluding carboxylic acids is 2. The van der Waals surface area contributed by atoms with Gasteiger partial charge < -0.3 is 16.0 Å². The van der Waals surface area contributed by atoms with Gasteiger partial charge in [-0.25, -0.2) is 4.79 Å². The van der Waals surface area contributed by atoms with E-state index >= 15 is 0 Å². The van der Waals surface area contributed by atoms with Crippen LogP contribution >= 0.6 is 0 Å². The van der Waals surface area contributed by atoms with Gasteiger partial charge in [-0.3, -0.25) is 4.79 Å². The summed E-state index contributed by atoms with van der Waals surface area (Å²) in [6.45, 7) is 0. The molecule has 5 heteroatoms. The first kappa shape index (κ1) is 19.2. The second-order valence-corrected chi connectivity index (χ2v) is 6.41. The van der Waals surface area contributed by atoms with Crippen molar-refractivity contribution in [3.05, 3.63) is 96.1 Å². The van der Waals surface area contributed by atoms with Gasteiger partial charge in [0.15, 0.2) is 0 Å². The Kier molecular flexibility index (Phi) is 6.41. The van der Waals surface area contributed by atoms with E-state index in [0.29, 0.717) is 17.8 Å². The Morgan fingerprint density at radius 1 is 0.750 bits per heavy atom. The van der Waals surface area contributed by atoms with Crippen LogP contribution in [0.25, 0.3) is 0 Å². The molecule has 3 aromatic rings. The van der Waals surface area contributed by atoms with Crippen molar-refractivity contribution in [1.29, 1.82) is 0 Å². The molecule has 0 aromatic heterocycles. The van der Waals surface area contributed by atoms with Crippen molar-refractivity contribution in [3.8, 4) is 0 Å². The Labute approximate surface area is 164 Å². The Morgan fingerprint density at radius 3 is 1.82 bits per heavy atom. The summed E-state index contributed by atoms with van der Waals surface area (Å²) >= 11 is 0. The summed E-state index contributed by atoms with van der Waals surface area (Å²) < 4.78 is 0. The first-order valence-electron chi connectivity index (χ1n) is 9.14. The van der Waals surface area contributed by atoms with Crippen LogP contribution < -0.4 is 16.0 Å². The Balaban J connectivity index is 1.74. The number of benzene rings is 3. The molecule has 0 saturated carbocycles. The first-order valence-corrected chi connectivity index (χ1v) is 9.14. The van der Waals surface area contributed by atoms with Crippen molar-refractivity contribution in [1.82, 2.24) is 5.32 Å². The van der Waals surface area contributed by atoms with E-state index in [1.807, 2.05) is 60.7 Å². The maximum absolute atomic E-state index is 12.7. The van der Waals surface area contributed by atoms with Gasteiger partial charge in [0.1, 0.15) is 0 Å². The Morgan fingerprint density at radius 2 is 1.29 bits per heavy atom. The van der Waals surface area contributed by atoms with Gasteiger partial charge in [0.05, 0.1) is 0 Å². The minimum Gasteiger partial charge on any atom is -0.341 e. The van der Waals surface area contributed by atoms with Gasteiger partial charge in [0.25, 0.3) is 0 Å². The fraction of sp³-hybridized carbons (Fsp3) is 0.130. The third-order valence-electron chi connectivity index (χ3n) is 4.42. The molecular weight excluding hydrogens is 350 g/mol. The lowest BCUT2D eigenvalue weighted by molar-refractivity contribution is -0.116. The summed E-state index contributed by atoms with van der Waals surface area (Å²) in [6, 6.07) is 26.8. The molecule has 0 radical (unpaired) electrons. The van der Waals surface area contributed by atoms with Crippen molar-refractivity contribution in [3.63, 3.8) is 0 Å². The molecule has 0 fully saturated rings. The van der Waals surface area contributed by atoms with Crippen LogP contribution in [0.3, 0.4) is 0 Å². The quantitative estimate of drug-likeness (QED) is 0.591. The highest BCUT2D eigenvalue weighted by Crippen LogP contribution is 2.28. The molecule has 0 atom stereocenters.